The van der Waals surface area contributed by atoms with Crippen molar-refractivity contribution in [2.75, 3.05) is 19.0 Å². The van der Waals surface area contributed by atoms with Crippen LogP contribution in [0.1, 0.15) is 33.3 Å². The Kier molecular flexibility index (Phi) is 9.04. The van der Waals surface area contributed by atoms with Crippen molar-refractivity contribution in [2.45, 2.75) is 30.1 Å². The number of nitrogens with zero attached hydrogens (tertiary/aromatic N) is 2. The molecule has 4 N–H and O–H groups in total. The second-order valence-electron chi connectivity index (χ2n) is 11.0. The van der Waals surface area contributed by atoms with E-state index < -0.39 is 41.7 Å². The summed E-state index contributed by atoms with van der Waals surface area (Å²) >= 11 is 0. The highest BCUT2D eigenvalue weighted by Gasteiger charge is 2.46. The number of hydrogen-bond acceptors (Lipinski definition) is 8. The number of carbonyl (C=O) groups is 1. The molecule has 5 aromatic rings. The molecule has 46 heavy (non-hydrogen) atoms. The summed E-state index contributed by atoms with van der Waals surface area (Å²) in [4.78, 5) is 29.5. The number of ether oxygens (including phenoxy) is 2. The largest absolute Gasteiger partial charge is 0.497 e. The Bertz CT molecular complexity index is 1780. The van der Waals surface area contributed by atoms with Gasteiger partial charge in [0.1, 0.15) is 29.9 Å². The fraction of sp³-hybridized carbons (Fsp3) is 0.194. The first kappa shape index (κ1) is 30.9. The first-order chi connectivity index (χ1) is 22.4. The molecule has 0 aliphatic carbocycles. The van der Waals surface area contributed by atoms with Crippen LogP contribution in [0.3, 0.4) is 0 Å². The number of methoxy groups -OCH3 is 1. The Morgan fingerprint density at radius 1 is 0.826 bits per heavy atom. The van der Waals surface area contributed by atoms with Gasteiger partial charge >= 0.3 is 5.69 Å². The molecule has 4 atom stereocenters. The highest BCUT2D eigenvalue weighted by Crippen LogP contribution is 2.38. The predicted octanol–water partition coefficient (Wildman–Crippen LogP) is 3.71. The number of aliphatic hydroxyl groups excluding tert-OH is 2. The van der Waals surface area contributed by atoms with E-state index >= 15 is 0 Å². The second kappa shape index (κ2) is 13.5. The van der Waals surface area contributed by atoms with Crippen molar-refractivity contribution in [1.29, 1.82) is 0 Å². The number of carbonyl (C=O) groups excluding carboxylic acids is 1. The van der Waals surface area contributed by atoms with Gasteiger partial charge in [0, 0.05) is 18.3 Å². The zero-order valence-electron chi connectivity index (χ0n) is 25.1. The molecule has 1 aliphatic heterocycles. The number of amides is 1. The van der Waals surface area contributed by atoms with Crippen LogP contribution in [0.15, 0.2) is 132 Å². The maximum Gasteiger partial charge on any atom is 0.351 e. The van der Waals surface area contributed by atoms with Gasteiger partial charge < -0.3 is 25.0 Å². The first-order valence-electron chi connectivity index (χ1n) is 14.9. The molecule has 0 spiro atoms. The van der Waals surface area contributed by atoms with Gasteiger partial charge in [0.05, 0.1) is 12.6 Å². The molecule has 2 heterocycles. The van der Waals surface area contributed by atoms with Crippen molar-refractivity contribution in [3.63, 3.8) is 0 Å². The standard InChI is InChI=1S/C36H34N4O6/c1-45-28-19-17-27(18-20-28)36(25-13-7-3-8-14-25,26-15-9-4-10-16-26)37-23-29-31(41)32(42)34(46-29)40-22-21-30(39-35(40)44)38-33(43)24-11-5-2-6-12-24/h2-22,29,31-32,34,37,41-42H,23H2,1H3,(H,38,39,43,44)/t29-,31+,32?,34-/m1/s1. The molecular weight excluding hydrogens is 584 g/mol. The van der Waals surface area contributed by atoms with Crippen LogP contribution in [0, 0.1) is 0 Å². The topological polar surface area (TPSA) is 135 Å². The lowest BCUT2D eigenvalue weighted by Gasteiger charge is -2.38. The molecule has 234 valence electrons. The molecule has 0 saturated carbocycles. The number of anilines is 1. The lowest BCUT2D eigenvalue weighted by atomic mass is 9.76. The average molecular weight is 619 g/mol. The minimum absolute atomic E-state index is 0.0522. The third kappa shape index (κ3) is 6.07. The summed E-state index contributed by atoms with van der Waals surface area (Å²) in [6, 6.07) is 37.6. The fourth-order valence-corrected chi connectivity index (χ4v) is 5.86. The molecule has 1 unspecified atom stereocenters. The lowest BCUT2D eigenvalue weighted by Crippen LogP contribution is -2.49. The third-order valence-corrected chi connectivity index (χ3v) is 8.22. The van der Waals surface area contributed by atoms with Crippen LogP contribution in [-0.4, -0.2) is 57.6 Å². The summed E-state index contributed by atoms with van der Waals surface area (Å²) in [7, 11) is 1.62. The van der Waals surface area contributed by atoms with Crippen LogP contribution in [0.25, 0.3) is 0 Å². The Hall–Kier alpha value is -5.13. The SMILES string of the molecule is COc1ccc(C(NC[C@H]2O[C@@H](n3ccc(NC(=O)c4ccccc4)nc3=O)C(O)[C@H]2O)(c2ccccc2)c2ccccc2)cc1. The Morgan fingerprint density at radius 3 is 1.96 bits per heavy atom. The Morgan fingerprint density at radius 2 is 1.39 bits per heavy atom. The summed E-state index contributed by atoms with van der Waals surface area (Å²) in [6.45, 7) is 0.109. The van der Waals surface area contributed by atoms with Crippen LogP contribution in [0.5, 0.6) is 5.75 Å². The van der Waals surface area contributed by atoms with Gasteiger partial charge in [-0.25, -0.2) is 4.79 Å². The number of hydrogen-bond donors (Lipinski definition) is 4. The molecule has 1 saturated heterocycles. The monoisotopic (exact) mass is 618 g/mol. The molecular formula is C36H34N4O6. The fourth-order valence-electron chi connectivity index (χ4n) is 5.86. The highest BCUT2D eigenvalue weighted by atomic mass is 16.6. The van der Waals surface area contributed by atoms with E-state index in [2.05, 4.69) is 15.6 Å². The summed E-state index contributed by atoms with van der Waals surface area (Å²) < 4.78 is 12.7. The molecule has 1 aliphatic rings. The minimum atomic E-state index is -1.42. The van der Waals surface area contributed by atoms with E-state index in [-0.39, 0.29) is 12.4 Å². The maximum atomic E-state index is 13.0. The van der Waals surface area contributed by atoms with Gasteiger partial charge in [-0.3, -0.25) is 14.7 Å². The van der Waals surface area contributed by atoms with Crippen LogP contribution in [0.4, 0.5) is 5.82 Å². The molecule has 1 amide bonds. The van der Waals surface area contributed by atoms with Crippen LogP contribution >= 0.6 is 0 Å². The lowest BCUT2D eigenvalue weighted by molar-refractivity contribution is -0.0399. The summed E-state index contributed by atoms with van der Waals surface area (Å²) in [5.74, 6) is 0.349. The smallest absolute Gasteiger partial charge is 0.351 e. The van der Waals surface area contributed by atoms with Gasteiger partial charge in [0.2, 0.25) is 0 Å². The summed E-state index contributed by atoms with van der Waals surface area (Å²) in [5, 5.41) is 28.4. The molecule has 4 aromatic carbocycles. The van der Waals surface area contributed by atoms with E-state index in [9.17, 15) is 19.8 Å². The van der Waals surface area contributed by atoms with Crippen LogP contribution in [0.2, 0.25) is 0 Å². The molecule has 10 heteroatoms. The van der Waals surface area contributed by atoms with E-state index in [1.54, 1.807) is 37.4 Å². The molecule has 10 nitrogen and oxygen atoms in total. The minimum Gasteiger partial charge on any atom is -0.497 e. The van der Waals surface area contributed by atoms with Gasteiger partial charge in [-0.15, -0.1) is 0 Å². The number of rotatable bonds is 10. The molecule has 1 fully saturated rings. The molecule has 0 radical (unpaired) electrons. The van der Waals surface area contributed by atoms with E-state index in [4.69, 9.17) is 9.47 Å². The molecule has 1 aromatic heterocycles. The highest BCUT2D eigenvalue weighted by molar-refractivity contribution is 6.03. The zero-order valence-corrected chi connectivity index (χ0v) is 25.1. The van der Waals surface area contributed by atoms with Crippen molar-refractivity contribution in [3.8, 4) is 5.75 Å². The van der Waals surface area contributed by atoms with Crippen LogP contribution < -0.4 is 21.1 Å². The maximum absolute atomic E-state index is 13.0. The first-order valence-corrected chi connectivity index (χ1v) is 14.9. The van der Waals surface area contributed by atoms with Crippen molar-refractivity contribution in [1.82, 2.24) is 14.9 Å². The van der Waals surface area contributed by atoms with Crippen molar-refractivity contribution in [3.05, 3.63) is 160 Å². The van der Waals surface area contributed by atoms with E-state index in [1.165, 1.54) is 12.3 Å². The third-order valence-electron chi connectivity index (χ3n) is 8.22. The van der Waals surface area contributed by atoms with E-state index in [0.29, 0.717) is 11.3 Å². The average Bonchev–Trinajstić information content (AvgIpc) is 3.39. The second-order valence-corrected chi connectivity index (χ2v) is 11.0. The number of aromatic nitrogens is 2. The number of nitrogens with one attached hydrogen (secondary N) is 2. The van der Waals surface area contributed by atoms with Crippen LogP contribution in [-0.2, 0) is 10.3 Å². The molecule has 0 bridgehead atoms. The van der Waals surface area contributed by atoms with Gasteiger partial charge in [-0.2, -0.15) is 4.98 Å². The Labute approximate surface area is 265 Å². The Balaban J connectivity index is 1.27. The van der Waals surface area contributed by atoms with Gasteiger partial charge in [0.15, 0.2) is 6.23 Å². The van der Waals surface area contributed by atoms with Crippen molar-refractivity contribution >= 4 is 11.7 Å². The van der Waals surface area contributed by atoms with E-state index in [1.807, 2.05) is 84.9 Å². The van der Waals surface area contributed by atoms with Gasteiger partial charge in [-0.05, 0) is 47.0 Å². The van der Waals surface area contributed by atoms with Gasteiger partial charge in [0.25, 0.3) is 5.91 Å². The number of benzene rings is 4. The summed E-state index contributed by atoms with van der Waals surface area (Å²) in [6.07, 6.45) is -3.46. The molecule has 6 rings (SSSR count). The summed E-state index contributed by atoms with van der Waals surface area (Å²) in [5.41, 5.74) is 1.60. The predicted molar refractivity (Wildman–Crippen MR) is 173 cm³/mol. The van der Waals surface area contributed by atoms with Gasteiger partial charge in [-0.1, -0.05) is 91.0 Å². The number of aliphatic hydroxyl groups is 2. The zero-order chi connectivity index (χ0) is 32.1. The van der Waals surface area contributed by atoms with Crippen molar-refractivity contribution < 1.29 is 24.5 Å². The quantitative estimate of drug-likeness (QED) is 0.174. The van der Waals surface area contributed by atoms with E-state index in [0.717, 1.165) is 21.3 Å². The van der Waals surface area contributed by atoms with Crippen molar-refractivity contribution in [2.24, 2.45) is 0 Å². The normalized spacial score (nSPS) is 19.5.